The number of rotatable bonds is 8. The van der Waals surface area contributed by atoms with Crippen LogP contribution in [0.25, 0.3) is 0 Å². The molecule has 1 aromatic heterocycles. The molecule has 0 unspecified atom stereocenters. The van der Waals surface area contributed by atoms with Gasteiger partial charge in [-0.15, -0.1) is 11.3 Å². The van der Waals surface area contributed by atoms with Crippen molar-refractivity contribution in [2.24, 2.45) is 5.73 Å². The highest BCUT2D eigenvalue weighted by Crippen LogP contribution is 2.22. The van der Waals surface area contributed by atoms with E-state index in [9.17, 15) is 9.59 Å². The van der Waals surface area contributed by atoms with Crippen LogP contribution in [-0.2, 0) is 29.1 Å². The van der Waals surface area contributed by atoms with E-state index >= 15 is 0 Å². The van der Waals surface area contributed by atoms with Gasteiger partial charge in [-0.25, -0.2) is 0 Å². The predicted octanol–water partition coefficient (Wildman–Crippen LogP) is 3.00. The van der Waals surface area contributed by atoms with Gasteiger partial charge in [0.25, 0.3) is 0 Å². The van der Waals surface area contributed by atoms with Gasteiger partial charge in [-0.05, 0) is 29.0 Å². The van der Waals surface area contributed by atoms with Crippen LogP contribution >= 0.6 is 11.3 Å². The van der Waals surface area contributed by atoms with Crippen LogP contribution in [0.3, 0.4) is 0 Å². The zero-order valence-electron chi connectivity index (χ0n) is 16.1. The fourth-order valence-corrected chi connectivity index (χ4v) is 4.11. The Morgan fingerprint density at radius 1 is 1.21 bits per heavy atom. The summed E-state index contributed by atoms with van der Waals surface area (Å²) in [6, 6.07) is 11.3. The van der Waals surface area contributed by atoms with Crippen molar-refractivity contribution in [2.75, 3.05) is 0 Å². The molecular formula is C22H27N3O2S. The number of carbonyl (C=O) groups excluding carboxylic acids is 2. The molecule has 2 aromatic rings. The molecule has 2 heterocycles. The van der Waals surface area contributed by atoms with Gasteiger partial charge >= 0.3 is 0 Å². The van der Waals surface area contributed by atoms with Crippen molar-refractivity contribution in [2.45, 2.75) is 51.4 Å². The summed E-state index contributed by atoms with van der Waals surface area (Å²) >= 11 is 1.60. The standard InChI is InChI=1S/C22H27N3O2S/c1-2-6-18(24-22(27)20(23)13-19-9-5-12-28-19)10-11-21(26)25-14-16-7-3-4-8-17(16)15-25/h3-5,7-12,18,20H,2,6,13-15,23H2,1H3,(H,24,27)/b11-10+/t18-,20-/m0/s1. The van der Waals surface area contributed by atoms with Crippen LogP contribution in [0.4, 0.5) is 0 Å². The molecule has 2 amide bonds. The van der Waals surface area contributed by atoms with Crippen LogP contribution in [0, 0.1) is 0 Å². The number of nitrogens with one attached hydrogen (secondary N) is 1. The molecular weight excluding hydrogens is 370 g/mol. The topological polar surface area (TPSA) is 75.4 Å². The van der Waals surface area contributed by atoms with E-state index in [4.69, 9.17) is 5.73 Å². The summed E-state index contributed by atoms with van der Waals surface area (Å²) in [6.45, 7) is 3.32. The van der Waals surface area contributed by atoms with Crippen LogP contribution in [0.5, 0.6) is 0 Å². The maximum Gasteiger partial charge on any atom is 0.246 e. The summed E-state index contributed by atoms with van der Waals surface area (Å²) < 4.78 is 0. The van der Waals surface area contributed by atoms with Crippen molar-refractivity contribution in [1.82, 2.24) is 10.2 Å². The summed E-state index contributed by atoms with van der Waals surface area (Å²) in [7, 11) is 0. The number of amides is 2. The lowest BCUT2D eigenvalue weighted by atomic mass is 10.1. The highest BCUT2D eigenvalue weighted by Gasteiger charge is 2.22. The molecule has 3 rings (SSSR count). The zero-order chi connectivity index (χ0) is 19.9. The Bertz CT molecular complexity index is 807. The van der Waals surface area contributed by atoms with E-state index in [0.717, 1.165) is 17.7 Å². The summed E-state index contributed by atoms with van der Waals surface area (Å²) in [4.78, 5) is 27.9. The largest absolute Gasteiger partial charge is 0.349 e. The SMILES string of the molecule is CCC[C@@H](/C=C/C(=O)N1Cc2ccccc2C1)NC(=O)[C@@H](N)Cc1cccs1. The van der Waals surface area contributed by atoms with E-state index in [1.54, 1.807) is 23.5 Å². The minimum Gasteiger partial charge on any atom is -0.349 e. The maximum atomic E-state index is 12.6. The van der Waals surface area contributed by atoms with E-state index in [1.165, 1.54) is 11.1 Å². The summed E-state index contributed by atoms with van der Waals surface area (Å²) in [5.74, 6) is -0.216. The molecule has 0 spiro atoms. The van der Waals surface area contributed by atoms with Gasteiger partial charge < -0.3 is 16.0 Å². The third-order valence-corrected chi connectivity index (χ3v) is 5.79. The van der Waals surface area contributed by atoms with Crippen LogP contribution in [0.2, 0.25) is 0 Å². The van der Waals surface area contributed by atoms with Gasteiger partial charge in [0.2, 0.25) is 11.8 Å². The minimum atomic E-state index is -0.588. The number of hydrogen-bond acceptors (Lipinski definition) is 4. The molecule has 1 aliphatic heterocycles. The Morgan fingerprint density at radius 2 is 1.93 bits per heavy atom. The number of thiophene rings is 1. The van der Waals surface area contributed by atoms with Gasteiger partial charge in [0.1, 0.15) is 0 Å². The second-order valence-corrected chi connectivity index (χ2v) is 8.15. The number of nitrogens with zero attached hydrogens (tertiary/aromatic N) is 1. The Labute approximate surface area is 170 Å². The molecule has 0 fully saturated rings. The average Bonchev–Trinajstić information content (AvgIpc) is 3.35. The number of carbonyl (C=O) groups is 2. The van der Waals surface area contributed by atoms with E-state index in [0.29, 0.717) is 19.5 Å². The first-order valence-electron chi connectivity index (χ1n) is 9.69. The lowest BCUT2D eigenvalue weighted by molar-refractivity contribution is -0.126. The van der Waals surface area contributed by atoms with E-state index in [2.05, 4.69) is 24.4 Å². The first-order valence-corrected chi connectivity index (χ1v) is 10.6. The van der Waals surface area contributed by atoms with E-state index < -0.39 is 6.04 Å². The molecule has 0 radical (unpaired) electrons. The Kier molecular flexibility index (Phi) is 7.01. The number of hydrogen-bond donors (Lipinski definition) is 2. The van der Waals surface area contributed by atoms with Crippen molar-refractivity contribution < 1.29 is 9.59 Å². The monoisotopic (exact) mass is 397 g/mol. The smallest absolute Gasteiger partial charge is 0.246 e. The zero-order valence-corrected chi connectivity index (χ0v) is 17.0. The van der Waals surface area contributed by atoms with Gasteiger partial charge in [-0.2, -0.15) is 0 Å². The highest BCUT2D eigenvalue weighted by molar-refractivity contribution is 7.09. The molecule has 0 saturated carbocycles. The van der Waals surface area contributed by atoms with E-state index in [-0.39, 0.29) is 17.9 Å². The van der Waals surface area contributed by atoms with Crippen molar-refractivity contribution in [3.8, 4) is 0 Å². The number of nitrogens with two attached hydrogens (primary N) is 1. The fourth-order valence-electron chi connectivity index (χ4n) is 3.35. The van der Waals surface area contributed by atoms with Gasteiger partial charge in [0.15, 0.2) is 0 Å². The molecule has 0 bridgehead atoms. The molecule has 2 atom stereocenters. The molecule has 0 saturated heterocycles. The quantitative estimate of drug-likeness (QED) is 0.673. The lowest BCUT2D eigenvalue weighted by Gasteiger charge is -2.18. The van der Waals surface area contributed by atoms with Gasteiger partial charge in [0.05, 0.1) is 6.04 Å². The Morgan fingerprint density at radius 3 is 2.54 bits per heavy atom. The Balaban J connectivity index is 1.55. The molecule has 6 heteroatoms. The Hall–Kier alpha value is -2.44. The first kappa shape index (κ1) is 20.3. The predicted molar refractivity (Wildman–Crippen MR) is 113 cm³/mol. The molecule has 0 aliphatic carbocycles. The van der Waals surface area contributed by atoms with Crippen molar-refractivity contribution >= 4 is 23.2 Å². The van der Waals surface area contributed by atoms with Crippen molar-refractivity contribution in [3.05, 3.63) is 69.9 Å². The number of fused-ring (bicyclic) bond motifs is 1. The van der Waals surface area contributed by atoms with Crippen LogP contribution in [0.15, 0.2) is 53.9 Å². The average molecular weight is 398 g/mol. The highest BCUT2D eigenvalue weighted by atomic mass is 32.1. The van der Waals surface area contributed by atoms with Gasteiger partial charge in [-0.1, -0.05) is 49.8 Å². The molecule has 3 N–H and O–H groups in total. The maximum absolute atomic E-state index is 12.6. The lowest BCUT2D eigenvalue weighted by Crippen LogP contribution is -2.45. The molecule has 28 heavy (non-hydrogen) atoms. The van der Waals surface area contributed by atoms with Crippen molar-refractivity contribution in [3.63, 3.8) is 0 Å². The summed E-state index contributed by atoms with van der Waals surface area (Å²) in [5, 5.41) is 4.95. The summed E-state index contributed by atoms with van der Waals surface area (Å²) in [6.07, 6.45) is 5.57. The number of benzene rings is 1. The van der Waals surface area contributed by atoms with Crippen LogP contribution < -0.4 is 11.1 Å². The molecule has 1 aliphatic rings. The van der Waals surface area contributed by atoms with Crippen molar-refractivity contribution in [1.29, 1.82) is 0 Å². The van der Waals surface area contributed by atoms with Crippen LogP contribution in [0.1, 0.15) is 35.8 Å². The van der Waals surface area contributed by atoms with E-state index in [1.807, 2.05) is 34.5 Å². The molecule has 5 nitrogen and oxygen atoms in total. The molecule has 1 aromatic carbocycles. The second kappa shape index (κ2) is 9.66. The van der Waals surface area contributed by atoms with Gasteiger partial charge in [-0.3, -0.25) is 9.59 Å². The van der Waals surface area contributed by atoms with Crippen LogP contribution in [-0.4, -0.2) is 28.8 Å². The van der Waals surface area contributed by atoms with Gasteiger partial charge in [0, 0.05) is 36.5 Å². The third kappa shape index (κ3) is 5.30. The third-order valence-electron chi connectivity index (χ3n) is 4.89. The first-order chi connectivity index (χ1) is 13.6. The molecule has 148 valence electrons. The fraction of sp³-hybridized carbons (Fsp3) is 0.364. The normalized spacial score (nSPS) is 15.4. The summed E-state index contributed by atoms with van der Waals surface area (Å²) in [5.41, 5.74) is 8.45. The second-order valence-electron chi connectivity index (χ2n) is 7.12. The minimum absolute atomic E-state index is 0.0329.